The van der Waals surface area contributed by atoms with Crippen molar-refractivity contribution in [2.45, 2.75) is 13.3 Å². The Morgan fingerprint density at radius 1 is 1.29 bits per heavy atom. The van der Waals surface area contributed by atoms with Crippen LogP contribution in [0.4, 0.5) is 0 Å². The zero-order chi connectivity index (χ0) is 12.3. The molecule has 0 amide bonds. The Balaban J connectivity index is 2.20. The van der Waals surface area contributed by atoms with E-state index < -0.39 is 0 Å². The zero-order valence-electron chi connectivity index (χ0n) is 9.48. The number of carbonyl (C=O) groups is 1. The first-order valence-electron chi connectivity index (χ1n) is 5.36. The Bertz CT molecular complexity index is 551. The van der Waals surface area contributed by atoms with Gasteiger partial charge < -0.3 is 0 Å². The van der Waals surface area contributed by atoms with Crippen LogP contribution in [-0.4, -0.2) is 10.8 Å². The van der Waals surface area contributed by atoms with E-state index in [2.05, 4.69) is 27.6 Å². The second-order valence-corrected chi connectivity index (χ2v) is 5.12. The summed E-state index contributed by atoms with van der Waals surface area (Å²) < 4.78 is 1.08. The molecule has 2 rings (SSSR count). The lowest BCUT2D eigenvalue weighted by molar-refractivity contribution is 0.0991. The lowest BCUT2D eigenvalue weighted by Gasteiger charge is -2.04. The number of Topliss-reactive ketones (excluding diaryl/α,β-unsaturated/α-hetero) is 1. The summed E-state index contributed by atoms with van der Waals surface area (Å²) in [6, 6.07) is 11.5. The van der Waals surface area contributed by atoms with Crippen LogP contribution in [0.5, 0.6) is 0 Å². The number of benzene rings is 1. The molecule has 1 aromatic carbocycles. The van der Waals surface area contributed by atoms with Gasteiger partial charge in [-0.2, -0.15) is 0 Å². The van der Waals surface area contributed by atoms with E-state index in [1.807, 2.05) is 43.3 Å². The second-order valence-electron chi connectivity index (χ2n) is 3.88. The molecule has 0 saturated heterocycles. The standard InChI is InChI=1S/C14H12INO/c1-10-4-3-7-16-13(10)9-14(17)11-5-2-6-12(15)8-11/h2-8H,9H2,1H3. The van der Waals surface area contributed by atoms with Gasteiger partial charge in [0.1, 0.15) is 0 Å². The van der Waals surface area contributed by atoms with Crippen LogP contribution in [0.3, 0.4) is 0 Å². The van der Waals surface area contributed by atoms with Crippen molar-refractivity contribution in [1.82, 2.24) is 4.98 Å². The van der Waals surface area contributed by atoms with Crippen LogP contribution in [-0.2, 0) is 6.42 Å². The number of hydrogen-bond donors (Lipinski definition) is 0. The van der Waals surface area contributed by atoms with E-state index in [-0.39, 0.29) is 5.78 Å². The molecule has 86 valence electrons. The van der Waals surface area contributed by atoms with Crippen LogP contribution in [0.1, 0.15) is 21.6 Å². The lowest BCUT2D eigenvalue weighted by Crippen LogP contribution is -2.06. The van der Waals surface area contributed by atoms with Gasteiger partial charge in [0, 0.05) is 15.3 Å². The summed E-state index contributed by atoms with van der Waals surface area (Å²) in [5.41, 5.74) is 2.67. The molecule has 2 aromatic rings. The largest absolute Gasteiger partial charge is 0.294 e. The van der Waals surface area contributed by atoms with E-state index in [0.717, 1.165) is 20.4 Å². The highest BCUT2D eigenvalue weighted by Crippen LogP contribution is 2.12. The van der Waals surface area contributed by atoms with Crippen LogP contribution in [0.2, 0.25) is 0 Å². The summed E-state index contributed by atoms with van der Waals surface area (Å²) in [7, 11) is 0. The quantitative estimate of drug-likeness (QED) is 0.635. The molecule has 0 aliphatic rings. The molecule has 0 bridgehead atoms. The first kappa shape index (κ1) is 12.2. The molecule has 0 N–H and O–H groups in total. The predicted octanol–water partition coefficient (Wildman–Crippen LogP) is 3.42. The molecule has 1 aromatic heterocycles. The van der Waals surface area contributed by atoms with Crippen LogP contribution in [0.15, 0.2) is 42.6 Å². The normalized spacial score (nSPS) is 10.2. The molecular formula is C14H12INO. The van der Waals surface area contributed by atoms with Gasteiger partial charge in [-0.25, -0.2) is 0 Å². The first-order chi connectivity index (χ1) is 8.16. The minimum atomic E-state index is 0.116. The Morgan fingerprint density at radius 2 is 2.12 bits per heavy atom. The molecule has 0 aliphatic heterocycles. The van der Waals surface area contributed by atoms with Crippen LogP contribution in [0, 0.1) is 10.5 Å². The van der Waals surface area contributed by atoms with Crippen LogP contribution >= 0.6 is 22.6 Å². The van der Waals surface area contributed by atoms with E-state index in [1.165, 1.54) is 0 Å². The number of halogens is 1. The predicted molar refractivity (Wildman–Crippen MR) is 76.2 cm³/mol. The van der Waals surface area contributed by atoms with E-state index in [9.17, 15) is 4.79 Å². The van der Waals surface area contributed by atoms with Gasteiger partial charge in [0.2, 0.25) is 0 Å². The number of pyridine rings is 1. The Kier molecular flexibility index (Phi) is 3.89. The Hall–Kier alpha value is -1.23. The van der Waals surface area contributed by atoms with Crippen molar-refractivity contribution in [2.75, 3.05) is 0 Å². The summed E-state index contributed by atoms with van der Waals surface area (Å²) in [6.07, 6.45) is 2.09. The van der Waals surface area contributed by atoms with Crippen molar-refractivity contribution in [3.05, 3.63) is 63.0 Å². The number of carbonyl (C=O) groups excluding carboxylic acids is 1. The molecule has 3 heteroatoms. The fraction of sp³-hybridized carbons (Fsp3) is 0.143. The number of aryl methyl sites for hydroxylation is 1. The molecule has 0 spiro atoms. The van der Waals surface area contributed by atoms with Crippen molar-refractivity contribution in [1.29, 1.82) is 0 Å². The van der Waals surface area contributed by atoms with Crippen molar-refractivity contribution >= 4 is 28.4 Å². The minimum absolute atomic E-state index is 0.116. The topological polar surface area (TPSA) is 30.0 Å². The van der Waals surface area contributed by atoms with Gasteiger partial charge >= 0.3 is 0 Å². The maximum absolute atomic E-state index is 12.1. The number of aromatic nitrogens is 1. The average Bonchev–Trinajstić information content (AvgIpc) is 2.32. The minimum Gasteiger partial charge on any atom is -0.294 e. The third-order valence-corrected chi connectivity index (χ3v) is 3.26. The van der Waals surface area contributed by atoms with Crippen LogP contribution < -0.4 is 0 Å². The average molecular weight is 337 g/mol. The smallest absolute Gasteiger partial charge is 0.168 e. The van der Waals surface area contributed by atoms with Gasteiger partial charge in [-0.15, -0.1) is 0 Å². The molecule has 0 aliphatic carbocycles. The molecule has 0 fully saturated rings. The maximum Gasteiger partial charge on any atom is 0.168 e. The third-order valence-electron chi connectivity index (χ3n) is 2.59. The monoisotopic (exact) mass is 337 g/mol. The van der Waals surface area contributed by atoms with E-state index in [4.69, 9.17) is 0 Å². The van der Waals surface area contributed by atoms with Gasteiger partial charge in [-0.05, 0) is 53.3 Å². The fourth-order valence-corrected chi connectivity index (χ4v) is 2.16. The summed E-state index contributed by atoms with van der Waals surface area (Å²) >= 11 is 2.21. The fourth-order valence-electron chi connectivity index (χ4n) is 1.62. The molecule has 0 radical (unpaired) electrons. The highest BCUT2D eigenvalue weighted by atomic mass is 127. The van der Waals surface area contributed by atoms with E-state index in [1.54, 1.807) is 6.20 Å². The number of rotatable bonds is 3. The molecular weight excluding hydrogens is 325 g/mol. The van der Waals surface area contributed by atoms with E-state index >= 15 is 0 Å². The van der Waals surface area contributed by atoms with Crippen molar-refractivity contribution in [3.63, 3.8) is 0 Å². The maximum atomic E-state index is 12.1. The van der Waals surface area contributed by atoms with E-state index in [0.29, 0.717) is 6.42 Å². The highest BCUT2D eigenvalue weighted by Gasteiger charge is 2.09. The molecule has 2 nitrogen and oxygen atoms in total. The lowest BCUT2D eigenvalue weighted by atomic mass is 10.0. The Morgan fingerprint density at radius 3 is 2.82 bits per heavy atom. The SMILES string of the molecule is Cc1cccnc1CC(=O)c1cccc(I)c1. The van der Waals surface area contributed by atoms with Crippen molar-refractivity contribution in [3.8, 4) is 0 Å². The molecule has 1 heterocycles. The van der Waals surface area contributed by atoms with Gasteiger partial charge in [0.05, 0.1) is 12.1 Å². The first-order valence-corrected chi connectivity index (χ1v) is 6.44. The van der Waals surface area contributed by atoms with Crippen LogP contribution in [0.25, 0.3) is 0 Å². The molecule has 17 heavy (non-hydrogen) atoms. The third kappa shape index (κ3) is 3.12. The summed E-state index contributed by atoms with van der Waals surface area (Å²) in [5.74, 6) is 0.116. The zero-order valence-corrected chi connectivity index (χ0v) is 11.6. The molecule has 0 unspecified atom stereocenters. The summed E-state index contributed by atoms with van der Waals surface area (Å²) in [5, 5.41) is 0. The summed E-state index contributed by atoms with van der Waals surface area (Å²) in [6.45, 7) is 1.98. The number of hydrogen-bond acceptors (Lipinski definition) is 2. The number of nitrogens with zero attached hydrogens (tertiary/aromatic N) is 1. The summed E-state index contributed by atoms with van der Waals surface area (Å²) in [4.78, 5) is 16.3. The highest BCUT2D eigenvalue weighted by molar-refractivity contribution is 14.1. The second kappa shape index (κ2) is 5.40. The van der Waals surface area contributed by atoms with Gasteiger partial charge in [-0.3, -0.25) is 9.78 Å². The van der Waals surface area contributed by atoms with Crippen molar-refractivity contribution in [2.24, 2.45) is 0 Å². The van der Waals surface area contributed by atoms with Gasteiger partial charge in [0.25, 0.3) is 0 Å². The number of ketones is 1. The van der Waals surface area contributed by atoms with Crippen molar-refractivity contribution < 1.29 is 4.79 Å². The van der Waals surface area contributed by atoms with Gasteiger partial charge in [0.15, 0.2) is 5.78 Å². The molecule has 0 saturated carbocycles. The Labute approximate surface area is 114 Å². The molecule has 0 atom stereocenters. The van der Waals surface area contributed by atoms with Gasteiger partial charge in [-0.1, -0.05) is 18.2 Å².